The molecule has 0 bridgehead atoms. The number of amides is 2. The Morgan fingerprint density at radius 1 is 1.04 bits per heavy atom. The highest BCUT2D eigenvalue weighted by Gasteiger charge is 2.23. The Labute approximate surface area is 154 Å². The quantitative estimate of drug-likeness (QED) is 0.770. The first-order valence-electron chi connectivity index (χ1n) is 9.05. The molecular formula is C21H25N3O2. The summed E-state index contributed by atoms with van der Waals surface area (Å²) in [4.78, 5) is 23.7. The summed E-state index contributed by atoms with van der Waals surface area (Å²) in [7, 11) is 0. The summed E-state index contributed by atoms with van der Waals surface area (Å²) in [5, 5.41) is 9.11. The van der Waals surface area contributed by atoms with Crippen molar-refractivity contribution in [1.82, 2.24) is 5.32 Å². The molecule has 2 aromatic rings. The minimum atomic E-state index is -0.351. The zero-order valence-electron chi connectivity index (χ0n) is 15.2. The number of fused-ring (bicyclic) bond motifs is 1. The predicted octanol–water partition coefficient (Wildman–Crippen LogP) is 3.64. The molecule has 0 radical (unpaired) electrons. The average molecular weight is 351 g/mol. The molecular weight excluding hydrogens is 326 g/mol. The lowest BCUT2D eigenvalue weighted by molar-refractivity contribution is -0.122. The van der Waals surface area contributed by atoms with E-state index in [1.807, 2.05) is 37.3 Å². The van der Waals surface area contributed by atoms with Crippen molar-refractivity contribution in [2.75, 3.05) is 10.6 Å². The minimum absolute atomic E-state index is 0.0161. The molecule has 5 heteroatoms. The van der Waals surface area contributed by atoms with E-state index in [-0.39, 0.29) is 23.9 Å². The molecule has 0 spiro atoms. The van der Waals surface area contributed by atoms with Gasteiger partial charge < -0.3 is 16.0 Å². The van der Waals surface area contributed by atoms with Gasteiger partial charge in [0.1, 0.15) is 6.04 Å². The van der Waals surface area contributed by atoms with Gasteiger partial charge in [-0.2, -0.15) is 0 Å². The lowest BCUT2D eigenvalue weighted by Crippen LogP contribution is -2.40. The summed E-state index contributed by atoms with van der Waals surface area (Å²) >= 11 is 0. The van der Waals surface area contributed by atoms with Gasteiger partial charge in [0.25, 0.3) is 0 Å². The van der Waals surface area contributed by atoms with Crippen LogP contribution in [0.4, 0.5) is 11.4 Å². The topological polar surface area (TPSA) is 70.2 Å². The minimum Gasteiger partial charge on any atom is -0.374 e. The lowest BCUT2D eigenvalue weighted by atomic mass is 9.87. The average Bonchev–Trinajstić information content (AvgIpc) is 2.63. The molecule has 136 valence electrons. The first-order chi connectivity index (χ1) is 12.5. The van der Waals surface area contributed by atoms with Crippen LogP contribution in [-0.4, -0.2) is 17.9 Å². The van der Waals surface area contributed by atoms with E-state index >= 15 is 0 Å². The van der Waals surface area contributed by atoms with Gasteiger partial charge >= 0.3 is 0 Å². The van der Waals surface area contributed by atoms with Crippen LogP contribution in [0.5, 0.6) is 0 Å². The van der Waals surface area contributed by atoms with Crippen molar-refractivity contribution in [2.24, 2.45) is 0 Å². The Hall–Kier alpha value is -2.82. The highest BCUT2D eigenvalue weighted by Crippen LogP contribution is 2.29. The smallest absolute Gasteiger partial charge is 0.242 e. The molecule has 0 heterocycles. The molecule has 0 unspecified atom stereocenters. The molecule has 0 saturated carbocycles. The summed E-state index contributed by atoms with van der Waals surface area (Å²) < 4.78 is 0. The SMILES string of the molecule is CC(=O)Nc1ccc(N[C@@H](C)C(=O)N[C@H]2CCCc3ccccc32)cc1. The number of anilines is 2. The first-order valence-corrected chi connectivity index (χ1v) is 9.05. The van der Waals surface area contributed by atoms with E-state index in [2.05, 4.69) is 34.1 Å². The first kappa shape index (κ1) is 18.0. The van der Waals surface area contributed by atoms with Gasteiger partial charge in [-0.05, 0) is 61.6 Å². The molecule has 0 aromatic heterocycles. The van der Waals surface area contributed by atoms with E-state index in [0.717, 1.165) is 30.6 Å². The van der Waals surface area contributed by atoms with Crippen molar-refractivity contribution in [3.63, 3.8) is 0 Å². The van der Waals surface area contributed by atoms with Gasteiger partial charge in [0.2, 0.25) is 11.8 Å². The summed E-state index contributed by atoms with van der Waals surface area (Å²) in [5.41, 5.74) is 4.14. The maximum Gasteiger partial charge on any atom is 0.242 e. The van der Waals surface area contributed by atoms with Crippen molar-refractivity contribution < 1.29 is 9.59 Å². The Morgan fingerprint density at radius 2 is 1.73 bits per heavy atom. The predicted molar refractivity (Wildman–Crippen MR) is 104 cm³/mol. The van der Waals surface area contributed by atoms with Crippen LogP contribution in [0.2, 0.25) is 0 Å². The van der Waals surface area contributed by atoms with Crippen LogP contribution >= 0.6 is 0 Å². The Kier molecular flexibility index (Phi) is 5.56. The van der Waals surface area contributed by atoms with Crippen molar-refractivity contribution >= 4 is 23.2 Å². The van der Waals surface area contributed by atoms with Gasteiger partial charge in [0.05, 0.1) is 6.04 Å². The van der Waals surface area contributed by atoms with Crippen LogP contribution in [0, 0.1) is 0 Å². The van der Waals surface area contributed by atoms with Gasteiger partial charge in [0.15, 0.2) is 0 Å². The van der Waals surface area contributed by atoms with E-state index in [1.165, 1.54) is 18.1 Å². The van der Waals surface area contributed by atoms with Gasteiger partial charge in [-0.1, -0.05) is 24.3 Å². The monoisotopic (exact) mass is 351 g/mol. The molecule has 2 aromatic carbocycles. The van der Waals surface area contributed by atoms with Crippen molar-refractivity contribution in [3.05, 3.63) is 59.7 Å². The van der Waals surface area contributed by atoms with Crippen LogP contribution in [0.25, 0.3) is 0 Å². The van der Waals surface area contributed by atoms with Crippen LogP contribution < -0.4 is 16.0 Å². The zero-order chi connectivity index (χ0) is 18.5. The number of aryl methyl sites for hydroxylation is 1. The molecule has 0 saturated heterocycles. The Bertz CT molecular complexity index is 786. The second kappa shape index (κ2) is 8.04. The fourth-order valence-electron chi connectivity index (χ4n) is 3.37. The maximum atomic E-state index is 12.6. The highest BCUT2D eigenvalue weighted by molar-refractivity contribution is 5.89. The van der Waals surface area contributed by atoms with E-state index < -0.39 is 0 Å². The Morgan fingerprint density at radius 3 is 2.46 bits per heavy atom. The van der Waals surface area contributed by atoms with E-state index in [4.69, 9.17) is 0 Å². The largest absolute Gasteiger partial charge is 0.374 e. The molecule has 1 aliphatic rings. The second-order valence-corrected chi connectivity index (χ2v) is 6.78. The molecule has 3 rings (SSSR count). The molecule has 1 aliphatic carbocycles. The summed E-state index contributed by atoms with van der Waals surface area (Å²) in [6.45, 7) is 3.33. The number of nitrogens with one attached hydrogen (secondary N) is 3. The number of carbonyl (C=O) groups excluding carboxylic acids is 2. The molecule has 5 nitrogen and oxygen atoms in total. The van der Waals surface area contributed by atoms with E-state index in [9.17, 15) is 9.59 Å². The van der Waals surface area contributed by atoms with Gasteiger partial charge in [-0.25, -0.2) is 0 Å². The standard InChI is InChI=1S/C21H25N3O2/c1-14(22-17-10-12-18(13-11-17)23-15(2)25)21(26)24-20-9-5-7-16-6-3-4-8-19(16)20/h3-4,6,8,10-14,20,22H,5,7,9H2,1-2H3,(H,23,25)(H,24,26)/t14-,20-/m0/s1. The van der Waals surface area contributed by atoms with Crippen LogP contribution in [0.1, 0.15) is 43.9 Å². The summed E-state index contributed by atoms with van der Waals surface area (Å²) in [6, 6.07) is 15.4. The zero-order valence-corrected chi connectivity index (χ0v) is 15.2. The van der Waals surface area contributed by atoms with E-state index in [1.54, 1.807) is 0 Å². The third-order valence-electron chi connectivity index (χ3n) is 4.67. The van der Waals surface area contributed by atoms with Gasteiger partial charge in [0, 0.05) is 18.3 Å². The number of benzene rings is 2. The fraction of sp³-hybridized carbons (Fsp3) is 0.333. The van der Waals surface area contributed by atoms with Gasteiger partial charge in [-0.15, -0.1) is 0 Å². The van der Waals surface area contributed by atoms with Crippen molar-refractivity contribution in [3.8, 4) is 0 Å². The molecule has 0 aliphatic heterocycles. The third kappa shape index (κ3) is 4.42. The molecule has 26 heavy (non-hydrogen) atoms. The van der Waals surface area contributed by atoms with Gasteiger partial charge in [-0.3, -0.25) is 9.59 Å². The number of rotatable bonds is 5. The maximum absolute atomic E-state index is 12.6. The fourth-order valence-corrected chi connectivity index (χ4v) is 3.37. The summed E-state index contributed by atoms with van der Waals surface area (Å²) in [5.74, 6) is -0.121. The third-order valence-corrected chi connectivity index (χ3v) is 4.67. The molecule has 2 atom stereocenters. The lowest BCUT2D eigenvalue weighted by Gasteiger charge is -2.27. The molecule has 2 amide bonds. The number of hydrogen-bond acceptors (Lipinski definition) is 3. The molecule has 3 N–H and O–H groups in total. The number of hydrogen-bond donors (Lipinski definition) is 3. The number of carbonyl (C=O) groups is 2. The van der Waals surface area contributed by atoms with Crippen LogP contribution in [-0.2, 0) is 16.0 Å². The Balaban J connectivity index is 1.59. The van der Waals surface area contributed by atoms with E-state index in [0.29, 0.717) is 0 Å². The highest BCUT2D eigenvalue weighted by atomic mass is 16.2. The van der Waals surface area contributed by atoms with Crippen molar-refractivity contribution in [2.45, 2.75) is 45.2 Å². The van der Waals surface area contributed by atoms with Crippen LogP contribution in [0.15, 0.2) is 48.5 Å². The van der Waals surface area contributed by atoms with Crippen molar-refractivity contribution in [1.29, 1.82) is 0 Å². The van der Waals surface area contributed by atoms with Crippen LogP contribution in [0.3, 0.4) is 0 Å². The normalized spacial score (nSPS) is 16.9. The second-order valence-electron chi connectivity index (χ2n) is 6.78. The summed E-state index contributed by atoms with van der Waals surface area (Å²) in [6.07, 6.45) is 3.15. The molecule has 0 fully saturated rings.